The monoisotopic (exact) mass is 283 g/mol. The first-order chi connectivity index (χ1) is 10.9. The summed E-state index contributed by atoms with van der Waals surface area (Å²) < 4.78 is 0. The van der Waals surface area contributed by atoms with Gasteiger partial charge in [-0.15, -0.1) is 0 Å². The highest BCUT2D eigenvalue weighted by Crippen LogP contribution is 2.33. The lowest BCUT2D eigenvalue weighted by Crippen LogP contribution is -1.87. The van der Waals surface area contributed by atoms with E-state index in [4.69, 9.17) is 0 Å². The van der Waals surface area contributed by atoms with Crippen LogP contribution in [0.4, 0.5) is 0 Å². The fourth-order valence-corrected chi connectivity index (χ4v) is 3.07. The molecule has 0 saturated heterocycles. The zero-order chi connectivity index (χ0) is 14.9. The normalized spacial score (nSPS) is 11.1. The predicted molar refractivity (Wildman–Crippen MR) is 94.1 cm³/mol. The maximum absolute atomic E-state index is 4.63. The van der Waals surface area contributed by atoms with Gasteiger partial charge in [-0.1, -0.05) is 67.6 Å². The highest BCUT2D eigenvalue weighted by atomic mass is 14.6. The number of aryl methyl sites for hydroxylation is 1. The van der Waals surface area contributed by atoms with Crippen molar-refractivity contribution < 1.29 is 0 Å². The van der Waals surface area contributed by atoms with E-state index in [2.05, 4.69) is 72.6 Å². The van der Waals surface area contributed by atoms with E-state index in [1.165, 1.54) is 32.8 Å². The van der Waals surface area contributed by atoms with Gasteiger partial charge in [0.2, 0.25) is 0 Å². The van der Waals surface area contributed by atoms with Crippen LogP contribution in [0.25, 0.3) is 32.8 Å². The third-order valence-electron chi connectivity index (χ3n) is 4.29. The molecule has 22 heavy (non-hydrogen) atoms. The van der Waals surface area contributed by atoms with Crippen LogP contribution in [0.1, 0.15) is 12.5 Å². The molecule has 0 bridgehead atoms. The summed E-state index contributed by atoms with van der Waals surface area (Å²) >= 11 is 0. The lowest BCUT2D eigenvalue weighted by atomic mass is 9.95. The van der Waals surface area contributed by atoms with E-state index < -0.39 is 0 Å². The number of rotatable bonds is 2. The van der Waals surface area contributed by atoms with Gasteiger partial charge in [-0.3, -0.25) is 4.98 Å². The number of nitrogens with zero attached hydrogens (tertiary/aromatic N) is 1. The maximum Gasteiger partial charge on any atom is 0.0786 e. The van der Waals surface area contributed by atoms with Gasteiger partial charge in [0.1, 0.15) is 0 Å². The fourth-order valence-electron chi connectivity index (χ4n) is 3.07. The average Bonchev–Trinajstić information content (AvgIpc) is 2.61. The molecule has 0 spiro atoms. The van der Waals surface area contributed by atoms with E-state index in [9.17, 15) is 0 Å². The van der Waals surface area contributed by atoms with Crippen molar-refractivity contribution in [3.8, 4) is 11.1 Å². The molecular weight excluding hydrogens is 266 g/mol. The highest BCUT2D eigenvalue weighted by molar-refractivity contribution is 6.12. The van der Waals surface area contributed by atoms with Gasteiger partial charge in [-0.05, 0) is 34.6 Å². The van der Waals surface area contributed by atoms with Crippen molar-refractivity contribution in [2.24, 2.45) is 0 Å². The van der Waals surface area contributed by atoms with Crippen LogP contribution in [-0.2, 0) is 6.42 Å². The number of pyridine rings is 1. The summed E-state index contributed by atoms with van der Waals surface area (Å²) in [7, 11) is 0. The van der Waals surface area contributed by atoms with E-state index in [1.54, 1.807) is 0 Å². The third kappa shape index (κ3) is 2.06. The SMILES string of the molecule is CCc1ccc(-c2cccc3ccc4cccnc4c23)cc1. The van der Waals surface area contributed by atoms with Crippen LogP contribution in [-0.4, -0.2) is 4.98 Å². The van der Waals surface area contributed by atoms with E-state index in [0.717, 1.165) is 11.9 Å². The van der Waals surface area contributed by atoms with Gasteiger partial charge in [0.15, 0.2) is 0 Å². The van der Waals surface area contributed by atoms with Crippen molar-refractivity contribution in [2.45, 2.75) is 13.3 Å². The van der Waals surface area contributed by atoms with Crippen molar-refractivity contribution in [2.75, 3.05) is 0 Å². The zero-order valence-corrected chi connectivity index (χ0v) is 12.6. The molecule has 0 saturated carbocycles. The molecule has 1 aromatic heterocycles. The number of hydrogen-bond donors (Lipinski definition) is 0. The number of aromatic nitrogens is 1. The highest BCUT2D eigenvalue weighted by Gasteiger charge is 2.08. The minimum absolute atomic E-state index is 1.07. The van der Waals surface area contributed by atoms with Crippen molar-refractivity contribution in [1.82, 2.24) is 4.98 Å². The topological polar surface area (TPSA) is 12.9 Å². The Bertz CT molecular complexity index is 952. The summed E-state index contributed by atoms with van der Waals surface area (Å²) in [6.07, 6.45) is 2.94. The third-order valence-corrected chi connectivity index (χ3v) is 4.29. The molecule has 1 heteroatoms. The Labute approximate surface area is 130 Å². The second-order valence-electron chi connectivity index (χ2n) is 5.59. The standard InChI is InChI=1S/C21H17N/c1-2-15-8-10-16(11-9-15)19-7-3-5-17-12-13-18-6-4-14-22-21(18)20(17)19/h3-14H,2H2,1H3. The summed E-state index contributed by atoms with van der Waals surface area (Å²) in [5.41, 5.74) is 4.95. The summed E-state index contributed by atoms with van der Waals surface area (Å²) in [5.74, 6) is 0. The van der Waals surface area contributed by atoms with Crippen molar-refractivity contribution >= 4 is 21.7 Å². The van der Waals surface area contributed by atoms with Crippen LogP contribution < -0.4 is 0 Å². The van der Waals surface area contributed by atoms with Crippen molar-refractivity contribution in [3.63, 3.8) is 0 Å². The molecule has 4 aromatic rings. The molecule has 0 radical (unpaired) electrons. The molecule has 0 amide bonds. The molecule has 0 atom stereocenters. The Morgan fingerprint density at radius 1 is 0.773 bits per heavy atom. The van der Waals surface area contributed by atoms with Gasteiger partial charge < -0.3 is 0 Å². The largest absolute Gasteiger partial charge is 0.256 e. The molecule has 0 aliphatic carbocycles. The summed E-state index contributed by atoms with van der Waals surface area (Å²) in [4.78, 5) is 4.63. The second kappa shape index (κ2) is 5.27. The Kier molecular flexibility index (Phi) is 3.12. The number of hydrogen-bond acceptors (Lipinski definition) is 1. The quantitative estimate of drug-likeness (QED) is 0.435. The minimum atomic E-state index is 1.07. The van der Waals surface area contributed by atoms with Gasteiger partial charge in [0, 0.05) is 17.0 Å². The smallest absolute Gasteiger partial charge is 0.0786 e. The summed E-state index contributed by atoms with van der Waals surface area (Å²) in [5, 5.41) is 3.67. The zero-order valence-electron chi connectivity index (χ0n) is 12.6. The van der Waals surface area contributed by atoms with E-state index in [-0.39, 0.29) is 0 Å². The molecule has 0 fully saturated rings. The molecule has 3 aromatic carbocycles. The first kappa shape index (κ1) is 13.0. The van der Waals surface area contributed by atoms with Gasteiger partial charge >= 0.3 is 0 Å². The van der Waals surface area contributed by atoms with E-state index in [1.807, 2.05) is 12.3 Å². The minimum Gasteiger partial charge on any atom is -0.256 e. The molecule has 4 rings (SSSR count). The Morgan fingerprint density at radius 2 is 1.55 bits per heavy atom. The van der Waals surface area contributed by atoms with Crippen molar-refractivity contribution in [1.29, 1.82) is 0 Å². The van der Waals surface area contributed by atoms with Gasteiger partial charge in [-0.2, -0.15) is 0 Å². The first-order valence-electron chi connectivity index (χ1n) is 7.72. The fraction of sp³-hybridized carbons (Fsp3) is 0.0952. The molecule has 106 valence electrons. The summed E-state index contributed by atoms with van der Waals surface area (Å²) in [6, 6.07) is 23.8. The Morgan fingerprint density at radius 3 is 2.36 bits per heavy atom. The summed E-state index contributed by atoms with van der Waals surface area (Å²) in [6.45, 7) is 2.18. The van der Waals surface area contributed by atoms with Gasteiger partial charge in [0.25, 0.3) is 0 Å². The Balaban J connectivity index is 2.06. The molecule has 0 N–H and O–H groups in total. The van der Waals surface area contributed by atoms with Crippen LogP contribution in [0, 0.1) is 0 Å². The second-order valence-corrected chi connectivity index (χ2v) is 5.59. The molecule has 0 aliphatic rings. The van der Waals surface area contributed by atoms with E-state index in [0.29, 0.717) is 0 Å². The van der Waals surface area contributed by atoms with Crippen molar-refractivity contribution in [3.05, 3.63) is 78.5 Å². The van der Waals surface area contributed by atoms with E-state index >= 15 is 0 Å². The first-order valence-corrected chi connectivity index (χ1v) is 7.72. The average molecular weight is 283 g/mol. The maximum atomic E-state index is 4.63. The molecule has 1 nitrogen and oxygen atoms in total. The van der Waals surface area contributed by atoms with Gasteiger partial charge in [0.05, 0.1) is 5.52 Å². The number of fused-ring (bicyclic) bond motifs is 3. The van der Waals surface area contributed by atoms with Crippen LogP contribution in [0.3, 0.4) is 0 Å². The van der Waals surface area contributed by atoms with Gasteiger partial charge in [-0.25, -0.2) is 0 Å². The van der Waals surface area contributed by atoms with Crippen LogP contribution in [0.5, 0.6) is 0 Å². The Hall–Kier alpha value is -2.67. The number of benzene rings is 3. The molecule has 0 unspecified atom stereocenters. The predicted octanol–water partition coefficient (Wildman–Crippen LogP) is 5.62. The van der Waals surface area contributed by atoms with Crippen LogP contribution in [0.15, 0.2) is 72.9 Å². The molecule has 0 aliphatic heterocycles. The molecular formula is C21H17N. The van der Waals surface area contributed by atoms with Crippen LogP contribution in [0.2, 0.25) is 0 Å². The lowest BCUT2D eigenvalue weighted by Gasteiger charge is -2.10. The van der Waals surface area contributed by atoms with Crippen LogP contribution >= 0.6 is 0 Å². The lowest BCUT2D eigenvalue weighted by molar-refractivity contribution is 1.14. The molecule has 1 heterocycles.